The highest BCUT2D eigenvalue weighted by Crippen LogP contribution is 2.21. The Morgan fingerprint density at radius 3 is 2.75 bits per heavy atom. The monoisotopic (exact) mass is 215 g/mol. The van der Waals surface area contributed by atoms with E-state index in [4.69, 9.17) is 0 Å². The maximum atomic E-state index is 11.5. The van der Waals surface area contributed by atoms with Gasteiger partial charge >= 0.3 is 0 Å². The summed E-state index contributed by atoms with van der Waals surface area (Å²) in [5.74, 6) is 0.241. The van der Waals surface area contributed by atoms with Gasteiger partial charge in [0, 0.05) is 25.2 Å². The van der Waals surface area contributed by atoms with Crippen molar-refractivity contribution in [1.82, 2.24) is 0 Å². The molecule has 84 valence electrons. The average Bonchev–Trinajstić information content (AvgIpc) is 2.54. The molecule has 1 aliphatic carbocycles. The molecule has 1 unspecified atom stereocenters. The number of para-hydroxylation sites is 1. The van der Waals surface area contributed by atoms with Gasteiger partial charge in [-0.3, -0.25) is 4.79 Å². The molecule has 0 aromatic heterocycles. The summed E-state index contributed by atoms with van der Waals surface area (Å²) in [5, 5.41) is 0. The maximum absolute atomic E-state index is 11.5. The SMILES string of the molecule is CN(c1ccccc1)C1CCC=CC(=O)C1. The molecule has 2 heteroatoms. The highest BCUT2D eigenvalue weighted by molar-refractivity contribution is 5.90. The molecule has 16 heavy (non-hydrogen) atoms. The van der Waals surface area contributed by atoms with Crippen molar-refractivity contribution < 1.29 is 4.79 Å². The van der Waals surface area contributed by atoms with Gasteiger partial charge in [0.1, 0.15) is 0 Å². The summed E-state index contributed by atoms with van der Waals surface area (Å²) >= 11 is 0. The Balaban J connectivity index is 2.10. The Hall–Kier alpha value is -1.57. The zero-order valence-corrected chi connectivity index (χ0v) is 9.60. The normalized spacial score (nSPS) is 20.6. The van der Waals surface area contributed by atoms with Crippen molar-refractivity contribution in [3.8, 4) is 0 Å². The molecular weight excluding hydrogens is 198 g/mol. The van der Waals surface area contributed by atoms with Crippen molar-refractivity contribution in [2.24, 2.45) is 0 Å². The van der Waals surface area contributed by atoms with Crippen LogP contribution in [0.2, 0.25) is 0 Å². The zero-order valence-electron chi connectivity index (χ0n) is 9.60. The van der Waals surface area contributed by atoms with Crippen LogP contribution < -0.4 is 4.90 Å². The standard InChI is InChI=1S/C14H17NO/c1-15(12-7-3-2-4-8-12)13-9-5-6-10-14(16)11-13/h2-4,6-8,10,13H,5,9,11H2,1H3. The third kappa shape index (κ3) is 2.51. The Bertz CT molecular complexity index is 383. The van der Waals surface area contributed by atoms with Gasteiger partial charge in [-0.15, -0.1) is 0 Å². The Morgan fingerprint density at radius 2 is 2.00 bits per heavy atom. The van der Waals surface area contributed by atoms with Gasteiger partial charge < -0.3 is 4.90 Å². The minimum Gasteiger partial charge on any atom is -0.371 e. The molecule has 0 bridgehead atoms. The van der Waals surface area contributed by atoms with Gasteiger partial charge in [0.05, 0.1) is 0 Å². The van der Waals surface area contributed by atoms with Gasteiger partial charge in [-0.25, -0.2) is 0 Å². The first kappa shape index (κ1) is 10.9. The van der Waals surface area contributed by atoms with E-state index < -0.39 is 0 Å². The first-order chi connectivity index (χ1) is 7.77. The minimum absolute atomic E-state index is 0.241. The summed E-state index contributed by atoms with van der Waals surface area (Å²) in [4.78, 5) is 13.7. The molecule has 0 N–H and O–H groups in total. The van der Waals surface area contributed by atoms with E-state index in [0.717, 1.165) is 12.8 Å². The summed E-state index contributed by atoms with van der Waals surface area (Å²) in [5.41, 5.74) is 1.18. The van der Waals surface area contributed by atoms with Gasteiger partial charge in [0.15, 0.2) is 5.78 Å². The van der Waals surface area contributed by atoms with E-state index in [-0.39, 0.29) is 5.78 Å². The number of carbonyl (C=O) groups excluding carboxylic acids is 1. The van der Waals surface area contributed by atoms with E-state index in [9.17, 15) is 4.79 Å². The molecular formula is C14H17NO. The number of carbonyl (C=O) groups is 1. The number of nitrogens with zero attached hydrogens (tertiary/aromatic N) is 1. The second kappa shape index (κ2) is 4.97. The van der Waals surface area contributed by atoms with E-state index in [1.165, 1.54) is 5.69 Å². The summed E-state index contributed by atoms with van der Waals surface area (Å²) in [6, 6.07) is 10.6. The average molecular weight is 215 g/mol. The maximum Gasteiger partial charge on any atom is 0.157 e. The van der Waals surface area contributed by atoms with Crippen LogP contribution in [-0.2, 0) is 4.79 Å². The summed E-state index contributed by atoms with van der Waals surface area (Å²) in [7, 11) is 2.07. The van der Waals surface area contributed by atoms with Crippen LogP contribution in [0.5, 0.6) is 0 Å². The lowest BCUT2D eigenvalue weighted by molar-refractivity contribution is -0.114. The molecule has 1 aliphatic rings. The minimum atomic E-state index is 0.241. The lowest BCUT2D eigenvalue weighted by Gasteiger charge is -2.28. The fourth-order valence-electron chi connectivity index (χ4n) is 2.11. The fourth-order valence-corrected chi connectivity index (χ4v) is 2.11. The van der Waals surface area contributed by atoms with Crippen molar-refractivity contribution in [1.29, 1.82) is 0 Å². The lowest BCUT2D eigenvalue weighted by Crippen LogP contribution is -2.32. The quantitative estimate of drug-likeness (QED) is 0.756. The van der Waals surface area contributed by atoms with Gasteiger partial charge in [0.2, 0.25) is 0 Å². The number of anilines is 1. The van der Waals surface area contributed by atoms with Gasteiger partial charge in [0.25, 0.3) is 0 Å². The number of allylic oxidation sites excluding steroid dienone is 2. The number of benzene rings is 1. The molecule has 0 aliphatic heterocycles. The highest BCUT2D eigenvalue weighted by atomic mass is 16.1. The van der Waals surface area contributed by atoms with Crippen LogP contribution in [0.3, 0.4) is 0 Å². The summed E-state index contributed by atoms with van der Waals surface area (Å²) in [6.07, 6.45) is 6.38. The molecule has 0 spiro atoms. The zero-order chi connectivity index (χ0) is 11.4. The van der Waals surface area contributed by atoms with Gasteiger partial charge in [-0.2, -0.15) is 0 Å². The number of hydrogen-bond donors (Lipinski definition) is 0. The Labute approximate surface area is 96.6 Å². The van der Waals surface area contributed by atoms with Gasteiger partial charge in [-0.05, 0) is 31.1 Å². The predicted octanol–water partition coefficient (Wildman–Crippen LogP) is 2.80. The summed E-state index contributed by atoms with van der Waals surface area (Å²) in [6.45, 7) is 0. The largest absolute Gasteiger partial charge is 0.371 e. The predicted molar refractivity (Wildman–Crippen MR) is 66.6 cm³/mol. The molecule has 0 saturated carbocycles. The smallest absolute Gasteiger partial charge is 0.157 e. The van der Waals surface area contributed by atoms with Crippen LogP contribution in [0.4, 0.5) is 5.69 Å². The molecule has 2 nitrogen and oxygen atoms in total. The number of rotatable bonds is 2. The Kier molecular flexibility index (Phi) is 3.40. The highest BCUT2D eigenvalue weighted by Gasteiger charge is 2.19. The third-order valence-electron chi connectivity index (χ3n) is 3.12. The molecule has 1 atom stereocenters. The number of ketones is 1. The van der Waals surface area contributed by atoms with Crippen LogP contribution in [0, 0.1) is 0 Å². The molecule has 0 radical (unpaired) electrons. The van der Waals surface area contributed by atoms with Crippen molar-refractivity contribution in [2.75, 3.05) is 11.9 Å². The van der Waals surface area contributed by atoms with E-state index in [0.29, 0.717) is 12.5 Å². The fraction of sp³-hybridized carbons (Fsp3) is 0.357. The van der Waals surface area contributed by atoms with Crippen molar-refractivity contribution in [3.05, 3.63) is 42.5 Å². The molecule has 2 rings (SSSR count). The first-order valence-corrected chi connectivity index (χ1v) is 5.74. The molecule has 0 saturated heterocycles. The van der Waals surface area contributed by atoms with Gasteiger partial charge in [-0.1, -0.05) is 24.3 Å². The van der Waals surface area contributed by atoms with Crippen LogP contribution in [0.15, 0.2) is 42.5 Å². The van der Waals surface area contributed by atoms with Crippen LogP contribution >= 0.6 is 0 Å². The first-order valence-electron chi connectivity index (χ1n) is 5.74. The third-order valence-corrected chi connectivity index (χ3v) is 3.12. The van der Waals surface area contributed by atoms with Crippen molar-refractivity contribution in [2.45, 2.75) is 25.3 Å². The van der Waals surface area contributed by atoms with E-state index in [1.54, 1.807) is 6.08 Å². The Morgan fingerprint density at radius 1 is 1.25 bits per heavy atom. The van der Waals surface area contributed by atoms with Crippen molar-refractivity contribution in [3.63, 3.8) is 0 Å². The van der Waals surface area contributed by atoms with E-state index >= 15 is 0 Å². The van der Waals surface area contributed by atoms with Crippen LogP contribution in [-0.4, -0.2) is 18.9 Å². The molecule has 1 aromatic carbocycles. The molecule has 1 aromatic rings. The van der Waals surface area contributed by atoms with E-state index in [2.05, 4.69) is 24.1 Å². The molecule has 0 amide bonds. The second-order valence-electron chi connectivity index (χ2n) is 4.25. The van der Waals surface area contributed by atoms with Crippen LogP contribution in [0.25, 0.3) is 0 Å². The van der Waals surface area contributed by atoms with E-state index in [1.807, 2.05) is 24.3 Å². The summed E-state index contributed by atoms with van der Waals surface area (Å²) < 4.78 is 0. The second-order valence-corrected chi connectivity index (χ2v) is 4.25. The topological polar surface area (TPSA) is 20.3 Å². The lowest BCUT2D eigenvalue weighted by atomic mass is 10.1. The molecule has 0 heterocycles. The van der Waals surface area contributed by atoms with Crippen molar-refractivity contribution >= 4 is 11.5 Å². The number of hydrogen-bond acceptors (Lipinski definition) is 2. The molecule has 0 fully saturated rings. The van der Waals surface area contributed by atoms with Crippen LogP contribution in [0.1, 0.15) is 19.3 Å².